The van der Waals surface area contributed by atoms with E-state index in [2.05, 4.69) is 0 Å². The lowest BCUT2D eigenvalue weighted by Gasteiger charge is -2.14. The Bertz CT molecular complexity index is 406. The molecule has 0 aromatic heterocycles. The molecule has 1 atom stereocenters. The first-order valence-corrected chi connectivity index (χ1v) is 5.77. The second-order valence-corrected chi connectivity index (χ2v) is 4.01. The molecule has 1 rings (SSSR count). The van der Waals surface area contributed by atoms with Crippen molar-refractivity contribution in [2.24, 2.45) is 5.73 Å². The fourth-order valence-electron chi connectivity index (χ4n) is 1.72. The molecule has 100 valence electrons. The van der Waals surface area contributed by atoms with Crippen LogP contribution in [0.5, 0.6) is 11.5 Å². The predicted molar refractivity (Wildman–Crippen MR) is 68.0 cm³/mol. The molecule has 18 heavy (non-hydrogen) atoms. The largest absolute Gasteiger partial charge is 0.493 e. The second kappa shape index (κ2) is 6.86. The van der Waals surface area contributed by atoms with Gasteiger partial charge < -0.3 is 20.3 Å². The third kappa shape index (κ3) is 3.92. The number of rotatable bonds is 7. The van der Waals surface area contributed by atoms with Crippen LogP contribution < -0.4 is 15.2 Å². The maximum absolute atomic E-state index is 10.4. The van der Waals surface area contributed by atoms with Crippen LogP contribution in [0.2, 0.25) is 0 Å². The van der Waals surface area contributed by atoms with Crippen LogP contribution in [0, 0.1) is 0 Å². The van der Waals surface area contributed by atoms with Gasteiger partial charge >= 0.3 is 5.97 Å². The van der Waals surface area contributed by atoms with Crippen molar-refractivity contribution in [3.63, 3.8) is 0 Å². The summed E-state index contributed by atoms with van der Waals surface area (Å²) in [5.41, 5.74) is 6.92. The number of methoxy groups -OCH3 is 2. The lowest BCUT2D eigenvalue weighted by atomic mass is 10.0. The van der Waals surface area contributed by atoms with Gasteiger partial charge in [0.15, 0.2) is 11.5 Å². The van der Waals surface area contributed by atoms with Gasteiger partial charge in [0.2, 0.25) is 0 Å². The number of nitrogens with two attached hydrogens (primary N) is 1. The predicted octanol–water partition coefficient (Wildman–Crippen LogP) is 1.96. The number of benzene rings is 1. The molecule has 0 aliphatic rings. The average Bonchev–Trinajstić information content (AvgIpc) is 2.37. The van der Waals surface area contributed by atoms with Crippen LogP contribution >= 0.6 is 0 Å². The third-order valence-electron chi connectivity index (χ3n) is 2.74. The molecule has 5 nitrogen and oxygen atoms in total. The first kappa shape index (κ1) is 14.3. The molecule has 0 aliphatic heterocycles. The molecule has 1 aromatic carbocycles. The first-order valence-electron chi connectivity index (χ1n) is 5.77. The lowest BCUT2D eigenvalue weighted by molar-refractivity contribution is -0.137. The number of carbonyl (C=O) groups is 1. The molecule has 0 saturated heterocycles. The van der Waals surface area contributed by atoms with Crippen molar-refractivity contribution < 1.29 is 19.4 Å². The van der Waals surface area contributed by atoms with Crippen molar-refractivity contribution in [1.82, 2.24) is 0 Å². The standard InChI is InChI=1S/C13H19NO4/c1-17-11-7-6-9(8-12(11)18-2)10(14)4-3-5-13(15)16/h6-8,10H,3-5,14H2,1-2H3,(H,15,16). The Kier molecular flexibility index (Phi) is 5.45. The monoisotopic (exact) mass is 253 g/mol. The van der Waals surface area contributed by atoms with Crippen molar-refractivity contribution in [3.8, 4) is 11.5 Å². The number of hydrogen-bond acceptors (Lipinski definition) is 4. The van der Waals surface area contributed by atoms with Gasteiger partial charge in [-0.05, 0) is 30.5 Å². The maximum Gasteiger partial charge on any atom is 0.303 e. The van der Waals surface area contributed by atoms with Crippen LogP contribution in [0.4, 0.5) is 0 Å². The highest BCUT2D eigenvalue weighted by atomic mass is 16.5. The molecule has 0 saturated carbocycles. The Balaban J connectivity index is 2.67. The summed E-state index contributed by atoms with van der Waals surface area (Å²) in [5, 5.41) is 8.57. The van der Waals surface area contributed by atoms with Gasteiger partial charge in [-0.25, -0.2) is 0 Å². The Labute approximate surface area is 107 Å². The number of carboxylic acids is 1. The SMILES string of the molecule is COc1ccc(C(N)CCCC(=O)O)cc1OC. The van der Waals surface area contributed by atoms with E-state index >= 15 is 0 Å². The van der Waals surface area contributed by atoms with Crippen LogP contribution in [-0.4, -0.2) is 25.3 Å². The minimum Gasteiger partial charge on any atom is -0.493 e. The molecule has 0 spiro atoms. The molecule has 1 unspecified atom stereocenters. The lowest BCUT2D eigenvalue weighted by Crippen LogP contribution is -2.11. The number of hydrogen-bond donors (Lipinski definition) is 2. The molecule has 0 amide bonds. The Hall–Kier alpha value is -1.75. The Morgan fingerprint density at radius 2 is 2.00 bits per heavy atom. The molecule has 0 fully saturated rings. The molecule has 0 heterocycles. The summed E-state index contributed by atoms with van der Waals surface area (Å²) in [6.07, 6.45) is 1.33. The topological polar surface area (TPSA) is 81.8 Å². The van der Waals surface area contributed by atoms with Gasteiger partial charge in [0, 0.05) is 12.5 Å². The van der Waals surface area contributed by atoms with Crippen LogP contribution in [0.25, 0.3) is 0 Å². The Morgan fingerprint density at radius 1 is 1.33 bits per heavy atom. The van der Waals surface area contributed by atoms with E-state index < -0.39 is 5.97 Å². The summed E-state index contributed by atoms with van der Waals surface area (Å²) in [5.74, 6) is 0.484. The summed E-state index contributed by atoms with van der Waals surface area (Å²) < 4.78 is 10.3. The fraction of sp³-hybridized carbons (Fsp3) is 0.462. The van der Waals surface area contributed by atoms with E-state index in [1.54, 1.807) is 20.3 Å². The summed E-state index contributed by atoms with van der Waals surface area (Å²) in [6, 6.07) is 5.30. The van der Waals surface area contributed by atoms with Crippen molar-refractivity contribution in [3.05, 3.63) is 23.8 Å². The summed E-state index contributed by atoms with van der Waals surface area (Å²) in [7, 11) is 3.14. The van der Waals surface area contributed by atoms with E-state index in [4.69, 9.17) is 20.3 Å². The van der Waals surface area contributed by atoms with Crippen molar-refractivity contribution >= 4 is 5.97 Å². The molecule has 0 radical (unpaired) electrons. The van der Waals surface area contributed by atoms with Gasteiger partial charge in [0.05, 0.1) is 14.2 Å². The quantitative estimate of drug-likeness (QED) is 0.776. The van der Waals surface area contributed by atoms with E-state index in [-0.39, 0.29) is 12.5 Å². The second-order valence-electron chi connectivity index (χ2n) is 4.01. The highest BCUT2D eigenvalue weighted by Gasteiger charge is 2.11. The van der Waals surface area contributed by atoms with Crippen LogP contribution in [0.1, 0.15) is 30.9 Å². The minimum absolute atomic E-state index is 0.140. The van der Waals surface area contributed by atoms with Gasteiger partial charge in [-0.15, -0.1) is 0 Å². The molecule has 5 heteroatoms. The average molecular weight is 253 g/mol. The summed E-state index contributed by atoms with van der Waals surface area (Å²) in [6.45, 7) is 0. The normalized spacial score (nSPS) is 11.9. The van der Waals surface area contributed by atoms with E-state index in [0.717, 1.165) is 5.56 Å². The van der Waals surface area contributed by atoms with Gasteiger partial charge in [-0.3, -0.25) is 4.79 Å². The minimum atomic E-state index is -0.797. The smallest absolute Gasteiger partial charge is 0.303 e. The van der Waals surface area contributed by atoms with Gasteiger partial charge in [0.1, 0.15) is 0 Å². The van der Waals surface area contributed by atoms with Gasteiger partial charge in [0.25, 0.3) is 0 Å². The van der Waals surface area contributed by atoms with Crippen LogP contribution in [-0.2, 0) is 4.79 Å². The fourth-order valence-corrected chi connectivity index (χ4v) is 1.72. The van der Waals surface area contributed by atoms with Crippen LogP contribution in [0.3, 0.4) is 0 Å². The zero-order chi connectivity index (χ0) is 13.5. The zero-order valence-electron chi connectivity index (χ0n) is 10.7. The van der Waals surface area contributed by atoms with Crippen molar-refractivity contribution in [1.29, 1.82) is 0 Å². The van der Waals surface area contributed by atoms with E-state index in [1.165, 1.54) is 0 Å². The van der Waals surface area contributed by atoms with E-state index in [1.807, 2.05) is 12.1 Å². The van der Waals surface area contributed by atoms with Crippen LogP contribution in [0.15, 0.2) is 18.2 Å². The molecule has 0 bridgehead atoms. The van der Waals surface area contributed by atoms with Crippen molar-refractivity contribution in [2.75, 3.05) is 14.2 Å². The number of aliphatic carboxylic acids is 1. The van der Waals surface area contributed by atoms with E-state index in [0.29, 0.717) is 24.3 Å². The molecular formula is C13H19NO4. The molecular weight excluding hydrogens is 234 g/mol. The summed E-state index contributed by atoms with van der Waals surface area (Å²) in [4.78, 5) is 10.4. The van der Waals surface area contributed by atoms with Gasteiger partial charge in [-0.2, -0.15) is 0 Å². The first-order chi connectivity index (χ1) is 8.58. The number of ether oxygens (including phenoxy) is 2. The van der Waals surface area contributed by atoms with Crippen molar-refractivity contribution in [2.45, 2.75) is 25.3 Å². The highest BCUT2D eigenvalue weighted by molar-refractivity contribution is 5.66. The Morgan fingerprint density at radius 3 is 2.56 bits per heavy atom. The number of carboxylic acid groups (broad SMARTS) is 1. The molecule has 0 aliphatic carbocycles. The highest BCUT2D eigenvalue weighted by Crippen LogP contribution is 2.30. The summed E-state index contributed by atoms with van der Waals surface area (Å²) >= 11 is 0. The van der Waals surface area contributed by atoms with E-state index in [9.17, 15) is 4.79 Å². The third-order valence-corrected chi connectivity index (χ3v) is 2.74. The molecule has 1 aromatic rings. The molecule has 3 N–H and O–H groups in total. The van der Waals surface area contributed by atoms with Gasteiger partial charge in [-0.1, -0.05) is 6.07 Å². The maximum atomic E-state index is 10.4. The zero-order valence-corrected chi connectivity index (χ0v) is 10.7.